The van der Waals surface area contributed by atoms with Gasteiger partial charge in [-0.3, -0.25) is 0 Å². The molecule has 1 aliphatic heterocycles. The van der Waals surface area contributed by atoms with Gasteiger partial charge in [0.15, 0.2) is 5.84 Å². The molecule has 1 saturated carbocycles. The van der Waals surface area contributed by atoms with Crippen LogP contribution in [0.2, 0.25) is 0 Å². The number of nitrogens with zero attached hydrogens (tertiary/aromatic N) is 3. The minimum Gasteiger partial charge on any atom is -0.409 e. The van der Waals surface area contributed by atoms with E-state index in [1.807, 2.05) is 19.1 Å². The second-order valence-electron chi connectivity index (χ2n) is 6.26. The van der Waals surface area contributed by atoms with Crippen LogP contribution in [0.4, 0.5) is 5.82 Å². The van der Waals surface area contributed by atoms with Crippen molar-refractivity contribution in [2.24, 2.45) is 16.8 Å². The lowest BCUT2D eigenvalue weighted by molar-refractivity contribution is 0.318. The van der Waals surface area contributed by atoms with Crippen molar-refractivity contribution < 1.29 is 5.21 Å². The van der Waals surface area contributed by atoms with E-state index in [4.69, 9.17) is 15.9 Å². The van der Waals surface area contributed by atoms with Crippen LogP contribution in [-0.2, 0) is 0 Å². The van der Waals surface area contributed by atoms with E-state index >= 15 is 0 Å². The lowest BCUT2D eigenvalue weighted by atomic mass is 9.95. The van der Waals surface area contributed by atoms with Crippen LogP contribution in [0.25, 0.3) is 0 Å². The summed E-state index contributed by atoms with van der Waals surface area (Å²) < 4.78 is 0. The molecule has 5 heteroatoms. The lowest BCUT2D eigenvalue weighted by Gasteiger charge is -2.31. The van der Waals surface area contributed by atoms with Crippen molar-refractivity contribution in [3.05, 3.63) is 23.4 Å². The molecule has 3 rings (SSSR count). The predicted molar refractivity (Wildman–Crippen MR) is 83.8 cm³/mol. The Morgan fingerprint density at radius 3 is 2.76 bits per heavy atom. The molecule has 0 aromatic carbocycles. The average Bonchev–Trinajstić information content (AvgIpc) is 3.16. The van der Waals surface area contributed by atoms with E-state index in [1.54, 1.807) is 0 Å². The minimum absolute atomic E-state index is 0.148. The van der Waals surface area contributed by atoms with Crippen LogP contribution in [0, 0.1) is 12.8 Å². The van der Waals surface area contributed by atoms with Crippen molar-refractivity contribution in [2.45, 2.75) is 51.5 Å². The molecular weight excluding hydrogens is 264 g/mol. The fourth-order valence-corrected chi connectivity index (χ4v) is 3.90. The molecule has 0 bridgehead atoms. The third kappa shape index (κ3) is 2.69. The Morgan fingerprint density at radius 1 is 1.29 bits per heavy atom. The fourth-order valence-electron chi connectivity index (χ4n) is 3.90. The summed E-state index contributed by atoms with van der Waals surface area (Å²) in [6, 6.07) is 4.39. The SMILES string of the molecule is Cc1ccc(C(N)=NO)c(N2CCCC2C2CCCC2)n1. The number of aryl methyl sites for hydroxylation is 1. The maximum atomic E-state index is 9.02. The molecular formula is C16H24N4O. The highest BCUT2D eigenvalue weighted by Gasteiger charge is 2.35. The Balaban J connectivity index is 1.96. The van der Waals surface area contributed by atoms with Gasteiger partial charge in [-0.15, -0.1) is 0 Å². The number of hydrogen-bond acceptors (Lipinski definition) is 4. The van der Waals surface area contributed by atoms with E-state index in [9.17, 15) is 0 Å². The fraction of sp³-hybridized carbons (Fsp3) is 0.625. The second-order valence-corrected chi connectivity index (χ2v) is 6.26. The Morgan fingerprint density at radius 2 is 2.05 bits per heavy atom. The maximum absolute atomic E-state index is 9.02. The number of rotatable bonds is 3. The second kappa shape index (κ2) is 5.92. The first-order chi connectivity index (χ1) is 10.2. The average molecular weight is 288 g/mol. The molecule has 1 aromatic rings. The lowest BCUT2D eigenvalue weighted by Crippen LogP contribution is -2.37. The largest absolute Gasteiger partial charge is 0.409 e. The number of amidine groups is 1. The first kappa shape index (κ1) is 14.2. The van der Waals surface area contributed by atoms with Gasteiger partial charge in [0.2, 0.25) is 0 Å². The summed E-state index contributed by atoms with van der Waals surface area (Å²) >= 11 is 0. The van der Waals surface area contributed by atoms with Gasteiger partial charge in [-0.2, -0.15) is 0 Å². The molecule has 5 nitrogen and oxygen atoms in total. The van der Waals surface area contributed by atoms with Crippen molar-refractivity contribution >= 4 is 11.7 Å². The Labute approximate surface area is 125 Å². The van der Waals surface area contributed by atoms with Gasteiger partial charge in [0.05, 0.1) is 5.56 Å². The summed E-state index contributed by atoms with van der Waals surface area (Å²) in [7, 11) is 0. The number of nitrogens with two attached hydrogens (primary N) is 1. The zero-order valence-electron chi connectivity index (χ0n) is 12.6. The number of aromatic nitrogens is 1. The number of pyridine rings is 1. The van der Waals surface area contributed by atoms with Crippen LogP contribution in [-0.4, -0.2) is 28.6 Å². The van der Waals surface area contributed by atoms with Crippen LogP contribution >= 0.6 is 0 Å². The van der Waals surface area contributed by atoms with Gasteiger partial charge < -0.3 is 15.8 Å². The summed E-state index contributed by atoms with van der Waals surface area (Å²) in [6.07, 6.45) is 7.78. The summed E-state index contributed by atoms with van der Waals surface area (Å²) in [6.45, 7) is 3.00. The zero-order chi connectivity index (χ0) is 14.8. The molecule has 1 aliphatic carbocycles. The number of anilines is 1. The Bertz CT molecular complexity index is 537. The summed E-state index contributed by atoms with van der Waals surface area (Å²) in [5.41, 5.74) is 7.56. The number of oxime groups is 1. The van der Waals surface area contributed by atoms with Gasteiger partial charge in [0, 0.05) is 18.3 Å². The van der Waals surface area contributed by atoms with Crippen LogP contribution in [0.3, 0.4) is 0 Å². The highest BCUT2D eigenvalue weighted by molar-refractivity contribution is 6.01. The molecule has 114 valence electrons. The predicted octanol–water partition coefficient (Wildman–Crippen LogP) is 2.64. The normalized spacial score (nSPS) is 24.0. The van der Waals surface area contributed by atoms with Gasteiger partial charge in [-0.05, 0) is 50.7 Å². The van der Waals surface area contributed by atoms with E-state index in [2.05, 4.69) is 10.1 Å². The molecule has 2 aliphatic rings. The first-order valence-electron chi connectivity index (χ1n) is 7.93. The van der Waals surface area contributed by atoms with Gasteiger partial charge in [0.25, 0.3) is 0 Å². The molecule has 3 N–H and O–H groups in total. The smallest absolute Gasteiger partial charge is 0.173 e. The molecule has 1 saturated heterocycles. The highest BCUT2D eigenvalue weighted by atomic mass is 16.4. The molecule has 2 heterocycles. The van der Waals surface area contributed by atoms with E-state index in [-0.39, 0.29) is 5.84 Å². The quantitative estimate of drug-likeness (QED) is 0.388. The molecule has 1 aromatic heterocycles. The van der Waals surface area contributed by atoms with Crippen LogP contribution in [0.15, 0.2) is 17.3 Å². The third-order valence-corrected chi connectivity index (χ3v) is 4.91. The molecule has 1 atom stereocenters. The summed E-state index contributed by atoms with van der Waals surface area (Å²) in [4.78, 5) is 7.10. The van der Waals surface area contributed by atoms with E-state index in [0.29, 0.717) is 6.04 Å². The Hall–Kier alpha value is -1.78. The summed E-state index contributed by atoms with van der Waals surface area (Å²) in [5.74, 6) is 1.81. The van der Waals surface area contributed by atoms with Crippen molar-refractivity contribution in [3.8, 4) is 0 Å². The molecule has 0 spiro atoms. The van der Waals surface area contributed by atoms with Crippen LogP contribution in [0.5, 0.6) is 0 Å². The topological polar surface area (TPSA) is 74.7 Å². The Kier molecular flexibility index (Phi) is 3.99. The van der Waals surface area contributed by atoms with Crippen molar-refractivity contribution in [3.63, 3.8) is 0 Å². The van der Waals surface area contributed by atoms with Gasteiger partial charge in [0.1, 0.15) is 5.82 Å². The molecule has 2 fully saturated rings. The standard InChI is InChI=1S/C16H24N4O/c1-11-8-9-13(15(17)19-21)16(18-11)20-10-4-7-14(20)12-5-2-3-6-12/h8-9,12,14,21H,2-7,10H2,1H3,(H2,17,19). The molecule has 0 amide bonds. The van der Waals surface area contributed by atoms with Gasteiger partial charge in [-0.25, -0.2) is 4.98 Å². The maximum Gasteiger partial charge on any atom is 0.173 e. The zero-order valence-corrected chi connectivity index (χ0v) is 12.6. The van der Waals surface area contributed by atoms with Crippen molar-refractivity contribution in [1.82, 2.24) is 4.98 Å². The highest BCUT2D eigenvalue weighted by Crippen LogP contribution is 2.38. The minimum atomic E-state index is 0.148. The van der Waals surface area contributed by atoms with Gasteiger partial charge in [-0.1, -0.05) is 18.0 Å². The van der Waals surface area contributed by atoms with Crippen molar-refractivity contribution in [2.75, 3.05) is 11.4 Å². The van der Waals surface area contributed by atoms with E-state index in [0.717, 1.165) is 29.5 Å². The monoisotopic (exact) mass is 288 g/mol. The molecule has 0 radical (unpaired) electrons. The van der Waals surface area contributed by atoms with E-state index in [1.165, 1.54) is 38.5 Å². The van der Waals surface area contributed by atoms with Gasteiger partial charge >= 0.3 is 0 Å². The first-order valence-corrected chi connectivity index (χ1v) is 7.93. The molecule has 1 unspecified atom stereocenters. The summed E-state index contributed by atoms with van der Waals surface area (Å²) in [5, 5.41) is 12.2. The number of hydrogen-bond donors (Lipinski definition) is 2. The third-order valence-electron chi connectivity index (χ3n) is 4.91. The van der Waals surface area contributed by atoms with E-state index < -0.39 is 0 Å². The van der Waals surface area contributed by atoms with Crippen LogP contribution in [0.1, 0.15) is 49.8 Å². The van der Waals surface area contributed by atoms with Crippen molar-refractivity contribution in [1.29, 1.82) is 0 Å². The molecule has 21 heavy (non-hydrogen) atoms. The van der Waals surface area contributed by atoms with Crippen LogP contribution < -0.4 is 10.6 Å².